The Hall–Kier alpha value is -0.570. The largest absolute Gasteiger partial charge is 0.359 e. The van der Waals surface area contributed by atoms with Crippen molar-refractivity contribution < 1.29 is 9.47 Å². The smallest absolute Gasteiger partial charge is 0.147 e. The molecule has 0 saturated heterocycles. The van der Waals surface area contributed by atoms with Gasteiger partial charge >= 0.3 is 0 Å². The van der Waals surface area contributed by atoms with Gasteiger partial charge < -0.3 is 9.47 Å². The fourth-order valence-corrected chi connectivity index (χ4v) is 1.51. The molecule has 0 aliphatic heterocycles. The van der Waals surface area contributed by atoms with E-state index in [9.17, 15) is 0 Å². The van der Waals surface area contributed by atoms with Crippen molar-refractivity contribution in [1.82, 2.24) is 0 Å². The summed E-state index contributed by atoms with van der Waals surface area (Å²) in [6, 6.07) is 7.71. The summed E-state index contributed by atoms with van der Waals surface area (Å²) in [6.45, 7) is 2.38. The standard InChI is InChI=1S/C11H15ClO2/c1-3-11(14-8-13-2)9-5-4-6-10(12)7-9/h4-7,11H,3,8H2,1-2H3. The van der Waals surface area contributed by atoms with Crippen molar-refractivity contribution in [3.63, 3.8) is 0 Å². The molecule has 0 amide bonds. The highest BCUT2D eigenvalue weighted by Crippen LogP contribution is 2.23. The van der Waals surface area contributed by atoms with Crippen LogP contribution >= 0.6 is 11.6 Å². The lowest BCUT2D eigenvalue weighted by Gasteiger charge is -2.15. The molecule has 1 rings (SSSR count). The summed E-state index contributed by atoms with van der Waals surface area (Å²) in [4.78, 5) is 0. The summed E-state index contributed by atoms with van der Waals surface area (Å²) in [7, 11) is 1.62. The molecular weight excluding hydrogens is 200 g/mol. The van der Waals surface area contributed by atoms with Crippen molar-refractivity contribution in [3.8, 4) is 0 Å². The SMILES string of the molecule is CCC(OCOC)c1cccc(Cl)c1. The number of ether oxygens (including phenoxy) is 2. The predicted molar refractivity (Wildman–Crippen MR) is 57.4 cm³/mol. The summed E-state index contributed by atoms with van der Waals surface area (Å²) in [6.07, 6.45) is 0.970. The van der Waals surface area contributed by atoms with Crippen LogP contribution in [0.25, 0.3) is 0 Å². The Morgan fingerprint density at radius 3 is 2.79 bits per heavy atom. The van der Waals surface area contributed by atoms with Crippen molar-refractivity contribution in [2.75, 3.05) is 13.9 Å². The lowest BCUT2D eigenvalue weighted by Crippen LogP contribution is -2.05. The molecule has 0 fully saturated rings. The Morgan fingerprint density at radius 2 is 2.21 bits per heavy atom. The first-order valence-electron chi connectivity index (χ1n) is 4.64. The molecule has 0 aliphatic rings. The number of benzene rings is 1. The zero-order valence-electron chi connectivity index (χ0n) is 8.50. The van der Waals surface area contributed by atoms with Gasteiger partial charge in [0.25, 0.3) is 0 Å². The average Bonchev–Trinajstić information content (AvgIpc) is 2.19. The molecule has 1 aromatic carbocycles. The van der Waals surface area contributed by atoms with Crippen LogP contribution in [-0.4, -0.2) is 13.9 Å². The Morgan fingerprint density at radius 1 is 1.43 bits per heavy atom. The van der Waals surface area contributed by atoms with Crippen LogP contribution in [0.5, 0.6) is 0 Å². The van der Waals surface area contributed by atoms with Gasteiger partial charge in [-0.15, -0.1) is 0 Å². The van der Waals surface area contributed by atoms with Crippen molar-refractivity contribution in [3.05, 3.63) is 34.9 Å². The summed E-state index contributed by atoms with van der Waals surface area (Å²) in [5, 5.41) is 0.738. The highest BCUT2D eigenvalue weighted by atomic mass is 35.5. The maximum absolute atomic E-state index is 5.89. The molecule has 78 valence electrons. The van der Waals surface area contributed by atoms with Crippen LogP contribution in [0.1, 0.15) is 25.0 Å². The molecule has 0 N–H and O–H groups in total. The second-order valence-electron chi connectivity index (χ2n) is 3.03. The minimum atomic E-state index is 0.0636. The Labute approximate surface area is 89.8 Å². The molecule has 0 spiro atoms. The molecule has 0 aliphatic carbocycles. The maximum Gasteiger partial charge on any atom is 0.147 e. The van der Waals surface area contributed by atoms with Gasteiger partial charge in [0.2, 0.25) is 0 Å². The minimum Gasteiger partial charge on any atom is -0.359 e. The highest BCUT2D eigenvalue weighted by molar-refractivity contribution is 6.30. The average molecular weight is 215 g/mol. The second kappa shape index (κ2) is 6.02. The zero-order valence-corrected chi connectivity index (χ0v) is 9.25. The van der Waals surface area contributed by atoms with Crippen molar-refractivity contribution in [2.24, 2.45) is 0 Å². The van der Waals surface area contributed by atoms with Crippen LogP contribution in [0.3, 0.4) is 0 Å². The van der Waals surface area contributed by atoms with Gasteiger partial charge in [-0.05, 0) is 24.1 Å². The third-order valence-electron chi connectivity index (χ3n) is 1.98. The van der Waals surface area contributed by atoms with E-state index in [1.54, 1.807) is 7.11 Å². The monoisotopic (exact) mass is 214 g/mol. The molecular formula is C11H15ClO2. The lowest BCUT2D eigenvalue weighted by atomic mass is 10.1. The lowest BCUT2D eigenvalue weighted by molar-refractivity contribution is -0.0743. The molecule has 0 radical (unpaired) electrons. The summed E-state index contributed by atoms with van der Waals surface area (Å²) >= 11 is 5.89. The van der Waals surface area contributed by atoms with Gasteiger partial charge in [0.1, 0.15) is 6.79 Å². The van der Waals surface area contributed by atoms with Gasteiger partial charge in [0.15, 0.2) is 0 Å². The first-order chi connectivity index (χ1) is 6.77. The second-order valence-corrected chi connectivity index (χ2v) is 3.46. The molecule has 1 aromatic rings. The van der Waals surface area contributed by atoms with E-state index in [4.69, 9.17) is 21.1 Å². The number of methoxy groups -OCH3 is 1. The van der Waals surface area contributed by atoms with E-state index in [1.807, 2.05) is 24.3 Å². The molecule has 14 heavy (non-hydrogen) atoms. The number of hydrogen-bond acceptors (Lipinski definition) is 2. The van der Waals surface area contributed by atoms with Crippen LogP contribution in [-0.2, 0) is 9.47 Å². The maximum atomic E-state index is 5.89. The van der Waals surface area contributed by atoms with E-state index >= 15 is 0 Å². The Kier molecular flexibility index (Phi) is 4.94. The third-order valence-corrected chi connectivity index (χ3v) is 2.21. The van der Waals surface area contributed by atoms with Gasteiger partial charge in [-0.3, -0.25) is 0 Å². The van der Waals surface area contributed by atoms with Crippen LogP contribution in [0, 0.1) is 0 Å². The topological polar surface area (TPSA) is 18.5 Å². The van der Waals surface area contributed by atoms with Crippen LogP contribution in [0.2, 0.25) is 5.02 Å². The van der Waals surface area contributed by atoms with Crippen LogP contribution in [0.15, 0.2) is 24.3 Å². The van der Waals surface area contributed by atoms with Gasteiger partial charge in [-0.1, -0.05) is 30.7 Å². The quantitative estimate of drug-likeness (QED) is 0.700. The summed E-state index contributed by atoms with van der Waals surface area (Å²) in [5.74, 6) is 0. The van der Waals surface area contributed by atoms with Gasteiger partial charge in [0, 0.05) is 12.1 Å². The number of halogens is 1. The highest BCUT2D eigenvalue weighted by Gasteiger charge is 2.09. The number of rotatable bonds is 5. The molecule has 0 aromatic heterocycles. The van der Waals surface area contributed by atoms with Gasteiger partial charge in [-0.25, -0.2) is 0 Å². The molecule has 2 nitrogen and oxygen atoms in total. The molecule has 3 heteroatoms. The number of hydrogen-bond donors (Lipinski definition) is 0. The summed E-state index contributed by atoms with van der Waals surface area (Å²) < 4.78 is 10.4. The molecule has 1 unspecified atom stereocenters. The molecule has 0 bridgehead atoms. The normalized spacial score (nSPS) is 12.8. The van der Waals surface area contributed by atoms with Crippen molar-refractivity contribution in [2.45, 2.75) is 19.4 Å². The first kappa shape index (κ1) is 11.5. The first-order valence-corrected chi connectivity index (χ1v) is 5.01. The molecule has 0 heterocycles. The Balaban J connectivity index is 2.68. The van der Waals surface area contributed by atoms with Gasteiger partial charge in [0.05, 0.1) is 6.10 Å². The van der Waals surface area contributed by atoms with E-state index < -0.39 is 0 Å². The zero-order chi connectivity index (χ0) is 10.4. The molecule has 1 atom stereocenters. The van der Waals surface area contributed by atoms with Crippen molar-refractivity contribution >= 4 is 11.6 Å². The van der Waals surface area contributed by atoms with Crippen LogP contribution in [0.4, 0.5) is 0 Å². The van der Waals surface area contributed by atoms with Gasteiger partial charge in [-0.2, -0.15) is 0 Å². The fraction of sp³-hybridized carbons (Fsp3) is 0.455. The van der Waals surface area contributed by atoms with E-state index in [-0.39, 0.29) is 6.10 Å². The van der Waals surface area contributed by atoms with Crippen molar-refractivity contribution in [1.29, 1.82) is 0 Å². The predicted octanol–water partition coefficient (Wildman–Crippen LogP) is 3.41. The van der Waals surface area contributed by atoms with E-state index in [2.05, 4.69) is 6.92 Å². The van der Waals surface area contributed by atoms with E-state index in [0.717, 1.165) is 17.0 Å². The fourth-order valence-electron chi connectivity index (χ4n) is 1.31. The van der Waals surface area contributed by atoms with Crippen LogP contribution < -0.4 is 0 Å². The molecule has 0 saturated carbocycles. The Bertz CT molecular complexity index is 276. The van der Waals surface area contributed by atoms with E-state index in [0.29, 0.717) is 6.79 Å². The third kappa shape index (κ3) is 3.29. The minimum absolute atomic E-state index is 0.0636. The summed E-state index contributed by atoms with van der Waals surface area (Å²) in [5.41, 5.74) is 1.09. The van der Waals surface area contributed by atoms with E-state index in [1.165, 1.54) is 0 Å².